The van der Waals surface area contributed by atoms with Gasteiger partial charge in [0.05, 0.1) is 18.4 Å². The van der Waals surface area contributed by atoms with Gasteiger partial charge < -0.3 is 10.1 Å². The SMILES string of the molecule is CCS(=O)(=O)N[C@H]1Cc2ccc(NC(=O)c3cccc(OC)c3-c3ccc(Cl)cc3)cc2C1. The van der Waals surface area contributed by atoms with Crippen LogP contribution in [0, 0.1) is 0 Å². The van der Waals surface area contributed by atoms with Gasteiger partial charge in [0.15, 0.2) is 0 Å². The summed E-state index contributed by atoms with van der Waals surface area (Å²) in [6, 6.07) is 18.1. The quantitative estimate of drug-likeness (QED) is 0.510. The fraction of sp³-hybridized carbons (Fsp3) is 0.240. The lowest BCUT2D eigenvalue weighted by molar-refractivity contribution is 0.102. The Morgan fingerprint density at radius 2 is 1.79 bits per heavy atom. The third-order valence-corrected chi connectivity index (χ3v) is 7.45. The van der Waals surface area contributed by atoms with Gasteiger partial charge in [-0.2, -0.15) is 0 Å². The first kappa shape index (κ1) is 23.3. The summed E-state index contributed by atoms with van der Waals surface area (Å²) in [4.78, 5) is 13.2. The van der Waals surface area contributed by atoms with Crippen molar-refractivity contribution in [2.45, 2.75) is 25.8 Å². The minimum Gasteiger partial charge on any atom is -0.496 e. The fourth-order valence-corrected chi connectivity index (χ4v) is 5.09. The number of ether oxygens (including phenoxy) is 1. The average molecular weight is 485 g/mol. The second kappa shape index (κ2) is 9.55. The van der Waals surface area contributed by atoms with E-state index in [4.69, 9.17) is 16.3 Å². The molecule has 1 aliphatic carbocycles. The predicted molar refractivity (Wildman–Crippen MR) is 132 cm³/mol. The first-order chi connectivity index (χ1) is 15.8. The zero-order valence-electron chi connectivity index (χ0n) is 18.4. The Bertz CT molecular complexity index is 1290. The van der Waals surface area contributed by atoms with Gasteiger partial charge in [-0.05, 0) is 72.9 Å². The van der Waals surface area contributed by atoms with Gasteiger partial charge in [0.2, 0.25) is 10.0 Å². The Balaban J connectivity index is 1.58. The second-order valence-electron chi connectivity index (χ2n) is 7.95. The van der Waals surface area contributed by atoms with Gasteiger partial charge in [0.1, 0.15) is 5.75 Å². The number of benzene rings is 3. The summed E-state index contributed by atoms with van der Waals surface area (Å²) in [6.45, 7) is 1.62. The van der Waals surface area contributed by atoms with Crippen molar-refractivity contribution < 1.29 is 17.9 Å². The van der Waals surface area contributed by atoms with Crippen LogP contribution < -0.4 is 14.8 Å². The molecule has 1 atom stereocenters. The number of carbonyl (C=O) groups excluding carboxylic acids is 1. The number of anilines is 1. The molecule has 0 aliphatic heterocycles. The van der Waals surface area contributed by atoms with Gasteiger partial charge in [-0.25, -0.2) is 13.1 Å². The van der Waals surface area contributed by atoms with Gasteiger partial charge in [-0.1, -0.05) is 35.9 Å². The van der Waals surface area contributed by atoms with Crippen LogP contribution in [0.25, 0.3) is 11.1 Å². The Morgan fingerprint density at radius 1 is 1.06 bits per heavy atom. The molecule has 0 radical (unpaired) electrons. The molecule has 0 saturated heterocycles. The highest BCUT2D eigenvalue weighted by Gasteiger charge is 2.25. The third-order valence-electron chi connectivity index (χ3n) is 5.75. The molecule has 33 heavy (non-hydrogen) atoms. The normalized spacial score (nSPS) is 15.2. The molecule has 4 rings (SSSR count). The lowest BCUT2D eigenvalue weighted by Gasteiger charge is -2.15. The number of amides is 1. The molecule has 1 amide bonds. The second-order valence-corrected chi connectivity index (χ2v) is 10.4. The average Bonchev–Trinajstić information content (AvgIpc) is 3.19. The van der Waals surface area contributed by atoms with Crippen LogP contribution in [0.4, 0.5) is 5.69 Å². The smallest absolute Gasteiger partial charge is 0.256 e. The number of carbonyl (C=O) groups is 1. The summed E-state index contributed by atoms with van der Waals surface area (Å²) in [7, 11) is -1.70. The number of hydrogen-bond donors (Lipinski definition) is 2. The summed E-state index contributed by atoms with van der Waals surface area (Å²) in [5.74, 6) is 0.377. The van der Waals surface area contributed by atoms with Crippen molar-refractivity contribution in [2.24, 2.45) is 0 Å². The fourth-order valence-electron chi connectivity index (χ4n) is 4.12. The topological polar surface area (TPSA) is 84.5 Å². The molecule has 172 valence electrons. The van der Waals surface area contributed by atoms with Gasteiger partial charge in [0, 0.05) is 22.3 Å². The number of halogens is 1. The van der Waals surface area contributed by atoms with Crippen LogP contribution >= 0.6 is 11.6 Å². The van der Waals surface area contributed by atoms with Crippen molar-refractivity contribution in [3.8, 4) is 16.9 Å². The van der Waals surface area contributed by atoms with Crippen LogP contribution in [-0.4, -0.2) is 33.2 Å². The van der Waals surface area contributed by atoms with E-state index < -0.39 is 10.0 Å². The number of fused-ring (bicyclic) bond motifs is 1. The largest absolute Gasteiger partial charge is 0.496 e. The molecule has 3 aromatic carbocycles. The van der Waals surface area contributed by atoms with Crippen molar-refractivity contribution in [2.75, 3.05) is 18.2 Å². The number of hydrogen-bond acceptors (Lipinski definition) is 4. The Labute approximate surface area is 199 Å². The Kier molecular flexibility index (Phi) is 6.74. The molecular weight excluding hydrogens is 460 g/mol. The number of nitrogens with one attached hydrogen (secondary N) is 2. The van der Waals surface area contributed by atoms with Gasteiger partial charge in [-0.15, -0.1) is 0 Å². The molecule has 0 spiro atoms. The molecule has 0 heterocycles. The van der Waals surface area contributed by atoms with Crippen molar-refractivity contribution in [3.63, 3.8) is 0 Å². The van der Waals surface area contributed by atoms with Crippen molar-refractivity contribution >= 4 is 33.2 Å². The Hall–Kier alpha value is -2.87. The van der Waals surface area contributed by atoms with Crippen LogP contribution in [0.2, 0.25) is 5.02 Å². The molecule has 0 fully saturated rings. The van der Waals surface area contributed by atoms with Crippen molar-refractivity contribution in [1.29, 1.82) is 0 Å². The molecule has 6 nitrogen and oxygen atoms in total. The summed E-state index contributed by atoms with van der Waals surface area (Å²) in [6.07, 6.45) is 1.23. The molecule has 0 saturated carbocycles. The van der Waals surface area contributed by atoms with Gasteiger partial charge in [-0.3, -0.25) is 4.79 Å². The maximum absolute atomic E-state index is 13.2. The first-order valence-corrected chi connectivity index (χ1v) is 12.7. The maximum Gasteiger partial charge on any atom is 0.256 e. The molecule has 0 unspecified atom stereocenters. The van der Waals surface area contributed by atoms with Crippen LogP contribution in [0.5, 0.6) is 5.75 Å². The van der Waals surface area contributed by atoms with Crippen molar-refractivity contribution in [3.05, 3.63) is 82.4 Å². The molecule has 8 heteroatoms. The minimum atomic E-state index is -3.27. The zero-order valence-corrected chi connectivity index (χ0v) is 20.0. The van der Waals surface area contributed by atoms with E-state index in [1.54, 1.807) is 38.3 Å². The van der Waals surface area contributed by atoms with E-state index in [0.29, 0.717) is 40.4 Å². The van der Waals surface area contributed by atoms with E-state index in [9.17, 15) is 13.2 Å². The highest BCUT2D eigenvalue weighted by molar-refractivity contribution is 7.89. The first-order valence-electron chi connectivity index (χ1n) is 10.7. The van der Waals surface area contributed by atoms with Crippen LogP contribution in [0.15, 0.2) is 60.7 Å². The van der Waals surface area contributed by atoms with E-state index in [-0.39, 0.29) is 17.7 Å². The van der Waals surface area contributed by atoms with E-state index in [1.807, 2.05) is 36.4 Å². The molecule has 3 aromatic rings. The molecule has 0 bridgehead atoms. The summed E-state index contributed by atoms with van der Waals surface area (Å²) in [5.41, 5.74) is 4.75. The van der Waals surface area contributed by atoms with E-state index in [1.165, 1.54) is 0 Å². The van der Waals surface area contributed by atoms with Crippen LogP contribution in [0.1, 0.15) is 28.4 Å². The molecular formula is C25H25ClN2O4S. The van der Waals surface area contributed by atoms with Crippen LogP contribution in [0.3, 0.4) is 0 Å². The maximum atomic E-state index is 13.2. The predicted octanol–water partition coefficient (Wildman–Crippen LogP) is 4.67. The van der Waals surface area contributed by atoms with E-state index in [0.717, 1.165) is 16.7 Å². The highest BCUT2D eigenvalue weighted by Crippen LogP contribution is 2.35. The van der Waals surface area contributed by atoms with Gasteiger partial charge >= 0.3 is 0 Å². The van der Waals surface area contributed by atoms with Gasteiger partial charge in [0.25, 0.3) is 5.91 Å². The highest BCUT2D eigenvalue weighted by atomic mass is 35.5. The lowest BCUT2D eigenvalue weighted by Crippen LogP contribution is -2.36. The Morgan fingerprint density at radius 3 is 2.48 bits per heavy atom. The lowest BCUT2D eigenvalue weighted by atomic mass is 9.97. The molecule has 2 N–H and O–H groups in total. The number of sulfonamides is 1. The zero-order chi connectivity index (χ0) is 23.6. The number of methoxy groups -OCH3 is 1. The molecule has 0 aromatic heterocycles. The number of rotatable bonds is 7. The standard InChI is InChI=1S/C25H25ClN2O4S/c1-3-33(30,31)28-21-13-17-9-12-20(14-18(17)15-21)27-25(29)22-5-4-6-23(32-2)24(22)16-7-10-19(26)11-8-16/h4-12,14,21,28H,3,13,15H2,1-2H3,(H,27,29)/t21-/m0/s1. The summed E-state index contributed by atoms with van der Waals surface area (Å²) in [5, 5.41) is 3.58. The minimum absolute atomic E-state index is 0.0532. The summed E-state index contributed by atoms with van der Waals surface area (Å²) >= 11 is 6.03. The summed E-state index contributed by atoms with van der Waals surface area (Å²) < 4.78 is 32.1. The van der Waals surface area contributed by atoms with E-state index in [2.05, 4.69) is 10.0 Å². The van der Waals surface area contributed by atoms with Crippen molar-refractivity contribution in [1.82, 2.24) is 4.72 Å². The van der Waals surface area contributed by atoms with Crippen LogP contribution in [-0.2, 0) is 22.9 Å². The van der Waals surface area contributed by atoms with E-state index >= 15 is 0 Å². The molecule has 1 aliphatic rings. The monoisotopic (exact) mass is 484 g/mol. The third kappa shape index (κ3) is 5.21.